The maximum atomic E-state index is 12.9. The third-order valence-corrected chi connectivity index (χ3v) is 7.83. The minimum Gasteiger partial charge on any atom is -0.454 e. The number of nitrogens with one attached hydrogen (secondary N) is 1. The van der Waals surface area contributed by atoms with E-state index in [-0.39, 0.29) is 29.7 Å². The summed E-state index contributed by atoms with van der Waals surface area (Å²) in [5.74, 6) is 0.568. The number of sulfonamides is 1. The van der Waals surface area contributed by atoms with E-state index in [1.165, 1.54) is 25.2 Å². The van der Waals surface area contributed by atoms with Gasteiger partial charge in [-0.05, 0) is 29.8 Å². The van der Waals surface area contributed by atoms with Crippen LogP contribution in [0.3, 0.4) is 0 Å². The summed E-state index contributed by atoms with van der Waals surface area (Å²) in [5, 5.41) is 0. The molecule has 11 nitrogen and oxygen atoms in total. The van der Waals surface area contributed by atoms with E-state index in [0.29, 0.717) is 31.7 Å². The zero-order valence-corrected chi connectivity index (χ0v) is 19.3. The molecule has 1 fully saturated rings. The van der Waals surface area contributed by atoms with Crippen molar-refractivity contribution in [2.75, 3.05) is 46.6 Å². The predicted molar refractivity (Wildman–Crippen MR) is 121 cm³/mol. The second-order valence-corrected chi connectivity index (χ2v) is 10.3. The molecule has 0 saturated carbocycles. The SMILES string of the molecule is CN(CC(=O)N1CCN(Cc2ccc3c(c2)OCO3)CC1)S(=O)(=O)c1ccc2[nH]c(=O)oc2c1. The van der Waals surface area contributed by atoms with Crippen molar-refractivity contribution in [1.29, 1.82) is 0 Å². The Labute approximate surface area is 195 Å². The Bertz CT molecular complexity index is 1390. The molecule has 2 aliphatic heterocycles. The van der Waals surface area contributed by atoms with Gasteiger partial charge in [0.1, 0.15) is 0 Å². The van der Waals surface area contributed by atoms with Crippen molar-refractivity contribution in [1.82, 2.24) is 19.1 Å². The highest BCUT2D eigenvalue weighted by Gasteiger charge is 2.28. The largest absolute Gasteiger partial charge is 0.454 e. The molecule has 3 aromatic rings. The number of aromatic nitrogens is 1. The summed E-state index contributed by atoms with van der Waals surface area (Å²) in [6.07, 6.45) is 0. The van der Waals surface area contributed by atoms with Crippen LogP contribution in [0.2, 0.25) is 0 Å². The number of H-pyrrole nitrogens is 1. The number of hydrogen-bond donors (Lipinski definition) is 1. The van der Waals surface area contributed by atoms with E-state index in [4.69, 9.17) is 13.9 Å². The van der Waals surface area contributed by atoms with Crippen LogP contribution in [0.15, 0.2) is 50.5 Å². The smallest absolute Gasteiger partial charge is 0.417 e. The van der Waals surface area contributed by atoms with Gasteiger partial charge in [0.05, 0.1) is 17.0 Å². The van der Waals surface area contributed by atoms with Crippen molar-refractivity contribution >= 4 is 27.0 Å². The minimum atomic E-state index is -3.93. The number of hydrogen-bond acceptors (Lipinski definition) is 8. The van der Waals surface area contributed by atoms with Crippen molar-refractivity contribution in [3.8, 4) is 11.5 Å². The van der Waals surface area contributed by atoms with E-state index >= 15 is 0 Å². The van der Waals surface area contributed by atoms with Crippen molar-refractivity contribution in [2.24, 2.45) is 0 Å². The van der Waals surface area contributed by atoms with Gasteiger partial charge in [-0.15, -0.1) is 0 Å². The molecular formula is C22H24N4O7S. The lowest BCUT2D eigenvalue weighted by Crippen LogP contribution is -2.51. The first-order valence-electron chi connectivity index (χ1n) is 10.8. The van der Waals surface area contributed by atoms with Crippen LogP contribution >= 0.6 is 0 Å². The molecule has 1 N–H and O–H groups in total. The van der Waals surface area contributed by atoms with Crippen molar-refractivity contribution in [3.05, 3.63) is 52.5 Å². The van der Waals surface area contributed by atoms with Crippen molar-refractivity contribution < 1.29 is 27.1 Å². The van der Waals surface area contributed by atoms with Gasteiger partial charge in [-0.3, -0.25) is 14.7 Å². The molecule has 3 heterocycles. The van der Waals surface area contributed by atoms with Crippen LogP contribution in [0, 0.1) is 0 Å². The fourth-order valence-corrected chi connectivity index (χ4v) is 5.23. The average Bonchev–Trinajstić information content (AvgIpc) is 3.43. The molecule has 2 aliphatic rings. The fourth-order valence-electron chi connectivity index (χ4n) is 4.09. The molecule has 2 aromatic carbocycles. The second kappa shape index (κ2) is 8.78. The number of likely N-dealkylation sites (N-methyl/N-ethyl adjacent to an activating group) is 1. The van der Waals surface area contributed by atoms with Gasteiger partial charge >= 0.3 is 5.76 Å². The first-order chi connectivity index (χ1) is 16.3. The van der Waals surface area contributed by atoms with Gasteiger partial charge in [-0.2, -0.15) is 4.31 Å². The van der Waals surface area contributed by atoms with Crippen LogP contribution in [0.4, 0.5) is 0 Å². The first kappa shape index (κ1) is 22.4. The lowest BCUT2D eigenvalue weighted by Gasteiger charge is -2.35. The highest BCUT2D eigenvalue weighted by molar-refractivity contribution is 7.89. The molecule has 34 heavy (non-hydrogen) atoms. The molecule has 0 aliphatic carbocycles. The molecular weight excluding hydrogens is 464 g/mol. The number of carbonyl (C=O) groups excluding carboxylic acids is 1. The van der Waals surface area contributed by atoms with Crippen LogP contribution in [0.1, 0.15) is 5.56 Å². The van der Waals surface area contributed by atoms with Crippen LogP contribution < -0.4 is 15.2 Å². The Balaban J connectivity index is 1.17. The molecule has 1 amide bonds. The van der Waals surface area contributed by atoms with Gasteiger partial charge in [0.25, 0.3) is 0 Å². The van der Waals surface area contributed by atoms with Crippen LogP contribution in [0.25, 0.3) is 11.1 Å². The van der Waals surface area contributed by atoms with E-state index in [1.54, 1.807) is 4.90 Å². The van der Waals surface area contributed by atoms with Crippen molar-refractivity contribution in [2.45, 2.75) is 11.4 Å². The number of nitrogens with zero attached hydrogens (tertiary/aromatic N) is 3. The summed E-state index contributed by atoms with van der Waals surface area (Å²) in [5.41, 5.74) is 1.65. The summed E-state index contributed by atoms with van der Waals surface area (Å²) in [6, 6.07) is 9.98. The maximum absolute atomic E-state index is 12.9. The normalized spacial score (nSPS) is 16.5. The Kier molecular flexibility index (Phi) is 5.80. The van der Waals surface area contributed by atoms with E-state index in [0.717, 1.165) is 27.9 Å². The number of ether oxygens (including phenoxy) is 2. The monoisotopic (exact) mass is 488 g/mol. The quantitative estimate of drug-likeness (QED) is 0.541. The molecule has 0 unspecified atom stereocenters. The number of piperazine rings is 1. The minimum absolute atomic E-state index is 0.0494. The molecule has 180 valence electrons. The maximum Gasteiger partial charge on any atom is 0.417 e. The summed E-state index contributed by atoms with van der Waals surface area (Å²) in [7, 11) is -2.57. The average molecular weight is 489 g/mol. The number of oxazole rings is 1. The van der Waals surface area contributed by atoms with E-state index in [9.17, 15) is 18.0 Å². The van der Waals surface area contributed by atoms with E-state index in [1.807, 2.05) is 18.2 Å². The molecule has 1 saturated heterocycles. The fraction of sp³-hybridized carbons (Fsp3) is 0.364. The number of benzene rings is 2. The second-order valence-electron chi connectivity index (χ2n) is 8.28. The number of amides is 1. The molecule has 0 bridgehead atoms. The third kappa shape index (κ3) is 4.39. The zero-order chi connectivity index (χ0) is 23.9. The molecule has 1 aromatic heterocycles. The summed E-state index contributed by atoms with van der Waals surface area (Å²) in [4.78, 5) is 30.5. The highest BCUT2D eigenvalue weighted by atomic mass is 32.2. The Morgan fingerprint density at radius 2 is 1.82 bits per heavy atom. The summed E-state index contributed by atoms with van der Waals surface area (Å²) >= 11 is 0. The Hall–Kier alpha value is -3.35. The van der Waals surface area contributed by atoms with Gasteiger partial charge in [-0.1, -0.05) is 6.07 Å². The van der Waals surface area contributed by atoms with Gasteiger partial charge < -0.3 is 18.8 Å². The highest BCUT2D eigenvalue weighted by Crippen LogP contribution is 2.32. The standard InChI is InChI=1S/C22H24N4O7S/c1-24(34(29,30)16-3-4-17-19(11-16)33-22(28)23-17)13-21(27)26-8-6-25(7-9-26)12-15-2-5-18-20(10-15)32-14-31-18/h2-5,10-11H,6-9,12-14H2,1H3,(H,23,28). The molecule has 0 spiro atoms. The van der Waals surface area contributed by atoms with Crippen LogP contribution in [-0.2, 0) is 21.4 Å². The number of fused-ring (bicyclic) bond motifs is 2. The van der Waals surface area contributed by atoms with Gasteiger partial charge in [0.15, 0.2) is 17.1 Å². The number of carbonyl (C=O) groups is 1. The first-order valence-corrected chi connectivity index (χ1v) is 12.2. The molecule has 5 rings (SSSR count). The zero-order valence-electron chi connectivity index (χ0n) is 18.5. The van der Waals surface area contributed by atoms with Gasteiger partial charge in [0.2, 0.25) is 22.7 Å². The molecule has 0 radical (unpaired) electrons. The molecule has 12 heteroatoms. The lowest BCUT2D eigenvalue weighted by molar-refractivity contribution is -0.133. The topological polar surface area (TPSA) is 125 Å². The third-order valence-electron chi connectivity index (χ3n) is 6.03. The van der Waals surface area contributed by atoms with E-state index in [2.05, 4.69) is 9.88 Å². The van der Waals surface area contributed by atoms with Crippen LogP contribution in [0.5, 0.6) is 11.5 Å². The molecule has 0 atom stereocenters. The Morgan fingerprint density at radius 3 is 2.62 bits per heavy atom. The number of aromatic amines is 1. The predicted octanol–water partition coefficient (Wildman–Crippen LogP) is 0.815. The van der Waals surface area contributed by atoms with Gasteiger partial charge in [-0.25, -0.2) is 13.2 Å². The lowest BCUT2D eigenvalue weighted by atomic mass is 10.1. The van der Waals surface area contributed by atoms with Crippen LogP contribution in [-0.4, -0.2) is 80.0 Å². The summed E-state index contributed by atoms with van der Waals surface area (Å²) in [6.45, 7) is 3.07. The number of rotatable bonds is 6. The summed E-state index contributed by atoms with van der Waals surface area (Å²) < 4.78 is 42.6. The van der Waals surface area contributed by atoms with Crippen molar-refractivity contribution in [3.63, 3.8) is 0 Å². The Morgan fingerprint density at radius 1 is 1.06 bits per heavy atom. The van der Waals surface area contributed by atoms with E-state index < -0.39 is 15.8 Å². The van der Waals surface area contributed by atoms with Gasteiger partial charge in [0, 0.05) is 45.8 Å².